The van der Waals surface area contributed by atoms with Crippen LogP contribution in [0.4, 0.5) is 5.82 Å². The van der Waals surface area contributed by atoms with Crippen molar-refractivity contribution in [3.63, 3.8) is 0 Å². The summed E-state index contributed by atoms with van der Waals surface area (Å²) in [5.74, 6) is 0.517. The summed E-state index contributed by atoms with van der Waals surface area (Å²) in [4.78, 5) is 16.3. The third kappa shape index (κ3) is 3.29. The molecule has 0 spiro atoms. The highest BCUT2D eigenvalue weighted by Gasteiger charge is 2.11. The molecule has 0 aliphatic rings. The maximum absolute atomic E-state index is 12.1. The van der Waals surface area contributed by atoms with Crippen LogP contribution in [0.3, 0.4) is 0 Å². The monoisotopic (exact) mass is 277 g/mol. The Balaban J connectivity index is 2.28. The summed E-state index contributed by atoms with van der Waals surface area (Å²) in [6.07, 6.45) is 1.60. The number of hydrogen-bond donors (Lipinski definition) is 2. The smallest absolute Gasteiger partial charge is 0.252 e. The molecule has 5 nitrogen and oxygen atoms in total. The lowest BCUT2D eigenvalue weighted by atomic mass is 10.1. The summed E-state index contributed by atoms with van der Waals surface area (Å²) in [6.45, 7) is 0.374. The third-order valence-corrected chi connectivity index (χ3v) is 3.43. The van der Waals surface area contributed by atoms with Gasteiger partial charge in [0.25, 0.3) is 5.91 Å². The van der Waals surface area contributed by atoms with Gasteiger partial charge in [-0.05, 0) is 12.1 Å². The molecule has 0 bridgehead atoms. The number of para-hydroxylation sites is 1. The number of pyridine rings is 1. The number of nitrogens with zero attached hydrogens (tertiary/aromatic N) is 1. The molecule has 1 unspecified atom stereocenters. The van der Waals surface area contributed by atoms with Crippen LogP contribution in [0.25, 0.3) is 10.9 Å². The largest absolute Gasteiger partial charge is 0.384 e. The van der Waals surface area contributed by atoms with Crippen LogP contribution in [0.1, 0.15) is 10.4 Å². The first kappa shape index (κ1) is 13.5. The van der Waals surface area contributed by atoms with Gasteiger partial charge in [-0.2, -0.15) is 0 Å². The van der Waals surface area contributed by atoms with Gasteiger partial charge in [0.2, 0.25) is 0 Å². The zero-order valence-corrected chi connectivity index (χ0v) is 11.4. The molecule has 0 fully saturated rings. The van der Waals surface area contributed by atoms with Gasteiger partial charge < -0.3 is 11.1 Å². The number of fused-ring (bicyclic) bond motifs is 1. The van der Waals surface area contributed by atoms with E-state index in [0.717, 1.165) is 5.39 Å². The normalized spacial score (nSPS) is 12.3. The number of rotatable bonds is 4. The van der Waals surface area contributed by atoms with Crippen molar-refractivity contribution in [2.75, 3.05) is 24.3 Å². The van der Waals surface area contributed by atoms with E-state index in [9.17, 15) is 9.00 Å². The van der Waals surface area contributed by atoms with Gasteiger partial charge in [-0.1, -0.05) is 18.2 Å². The van der Waals surface area contributed by atoms with Gasteiger partial charge >= 0.3 is 0 Å². The Bertz CT molecular complexity index is 643. The number of nitrogens with one attached hydrogen (secondary N) is 1. The number of aromatic nitrogens is 1. The predicted octanol–water partition coefficient (Wildman–Crippen LogP) is 0.925. The second-order valence-corrected chi connectivity index (χ2v) is 5.70. The number of carbonyl (C=O) groups is 1. The first-order valence-electron chi connectivity index (χ1n) is 5.81. The topological polar surface area (TPSA) is 85.1 Å². The summed E-state index contributed by atoms with van der Waals surface area (Å²) in [6, 6.07) is 8.88. The molecular weight excluding hydrogens is 262 g/mol. The van der Waals surface area contributed by atoms with Crippen LogP contribution >= 0.6 is 0 Å². The molecule has 2 rings (SSSR count). The molecule has 1 amide bonds. The number of nitrogens with two attached hydrogens (primary N) is 1. The first-order valence-corrected chi connectivity index (χ1v) is 7.54. The SMILES string of the molecule is CS(=O)CCNC(=O)c1cc(N)nc2ccccc12. The van der Waals surface area contributed by atoms with E-state index in [4.69, 9.17) is 5.73 Å². The fourth-order valence-corrected chi connectivity index (χ4v) is 2.18. The predicted molar refractivity (Wildman–Crippen MR) is 77.4 cm³/mol. The second kappa shape index (κ2) is 5.79. The molecular formula is C13H15N3O2S. The summed E-state index contributed by atoms with van der Waals surface area (Å²) in [7, 11) is -0.922. The van der Waals surface area contributed by atoms with Gasteiger partial charge in [-0.25, -0.2) is 4.98 Å². The average molecular weight is 277 g/mol. The maximum Gasteiger partial charge on any atom is 0.252 e. The number of nitrogen functional groups attached to an aromatic ring is 1. The van der Waals surface area contributed by atoms with Crippen LogP contribution in [0.15, 0.2) is 30.3 Å². The fraction of sp³-hybridized carbons (Fsp3) is 0.231. The summed E-state index contributed by atoms with van der Waals surface area (Å²) >= 11 is 0. The summed E-state index contributed by atoms with van der Waals surface area (Å²) in [5.41, 5.74) is 6.88. The van der Waals surface area contributed by atoms with Crippen molar-refractivity contribution in [1.82, 2.24) is 10.3 Å². The second-order valence-electron chi connectivity index (χ2n) is 4.15. The molecule has 0 saturated heterocycles. The molecule has 6 heteroatoms. The number of amides is 1. The Hall–Kier alpha value is -1.95. The first-order chi connectivity index (χ1) is 9.08. The lowest BCUT2D eigenvalue weighted by molar-refractivity contribution is 0.0958. The van der Waals surface area contributed by atoms with Crippen LogP contribution in [0.2, 0.25) is 0 Å². The van der Waals surface area contributed by atoms with Gasteiger partial charge in [0.05, 0.1) is 11.1 Å². The van der Waals surface area contributed by atoms with E-state index >= 15 is 0 Å². The molecule has 19 heavy (non-hydrogen) atoms. The Morgan fingerprint density at radius 1 is 1.42 bits per heavy atom. The van der Waals surface area contributed by atoms with E-state index in [0.29, 0.717) is 29.2 Å². The molecule has 100 valence electrons. The summed E-state index contributed by atoms with van der Waals surface area (Å²) < 4.78 is 11.0. The van der Waals surface area contributed by atoms with E-state index in [1.165, 1.54) is 0 Å². The van der Waals surface area contributed by atoms with Gasteiger partial charge in [0, 0.05) is 34.7 Å². The molecule has 1 aromatic carbocycles. The molecule has 1 aromatic heterocycles. The van der Waals surface area contributed by atoms with Crippen molar-refractivity contribution >= 4 is 33.4 Å². The van der Waals surface area contributed by atoms with Gasteiger partial charge in [-0.3, -0.25) is 9.00 Å². The van der Waals surface area contributed by atoms with Crippen LogP contribution in [0, 0.1) is 0 Å². The minimum absolute atomic E-state index is 0.226. The minimum Gasteiger partial charge on any atom is -0.384 e. The number of benzene rings is 1. The Morgan fingerprint density at radius 3 is 2.89 bits per heavy atom. The minimum atomic E-state index is -0.922. The Morgan fingerprint density at radius 2 is 2.16 bits per heavy atom. The number of hydrogen-bond acceptors (Lipinski definition) is 4. The van der Waals surface area contributed by atoms with Crippen molar-refractivity contribution in [3.05, 3.63) is 35.9 Å². The van der Waals surface area contributed by atoms with E-state index in [-0.39, 0.29) is 5.91 Å². The van der Waals surface area contributed by atoms with Crippen LogP contribution in [0.5, 0.6) is 0 Å². The van der Waals surface area contributed by atoms with Crippen LogP contribution in [-0.4, -0.2) is 33.7 Å². The Kier molecular flexibility index (Phi) is 4.11. The highest BCUT2D eigenvalue weighted by atomic mass is 32.2. The molecule has 1 heterocycles. The van der Waals surface area contributed by atoms with Crippen LogP contribution in [-0.2, 0) is 10.8 Å². The molecule has 1 atom stereocenters. The van der Waals surface area contributed by atoms with Crippen LogP contribution < -0.4 is 11.1 Å². The molecule has 0 aliphatic heterocycles. The van der Waals surface area contributed by atoms with E-state index in [2.05, 4.69) is 10.3 Å². The van der Waals surface area contributed by atoms with Crippen molar-refractivity contribution in [2.45, 2.75) is 0 Å². The van der Waals surface area contributed by atoms with Gasteiger partial charge in [0.15, 0.2) is 0 Å². The van der Waals surface area contributed by atoms with Gasteiger partial charge in [-0.15, -0.1) is 0 Å². The summed E-state index contributed by atoms with van der Waals surface area (Å²) in [5, 5.41) is 3.49. The van der Waals surface area contributed by atoms with E-state index < -0.39 is 10.8 Å². The lowest BCUT2D eigenvalue weighted by Gasteiger charge is -2.08. The van der Waals surface area contributed by atoms with Gasteiger partial charge in [0.1, 0.15) is 5.82 Å². The molecule has 3 N–H and O–H groups in total. The average Bonchev–Trinajstić information content (AvgIpc) is 2.37. The third-order valence-electron chi connectivity index (χ3n) is 2.66. The highest BCUT2D eigenvalue weighted by Crippen LogP contribution is 2.19. The molecule has 0 saturated carbocycles. The number of anilines is 1. The van der Waals surface area contributed by atoms with E-state index in [1.807, 2.05) is 24.3 Å². The maximum atomic E-state index is 12.1. The van der Waals surface area contributed by atoms with Crippen molar-refractivity contribution < 1.29 is 9.00 Å². The zero-order chi connectivity index (χ0) is 13.8. The zero-order valence-electron chi connectivity index (χ0n) is 10.6. The molecule has 0 radical (unpaired) electrons. The van der Waals surface area contributed by atoms with Crippen molar-refractivity contribution in [1.29, 1.82) is 0 Å². The van der Waals surface area contributed by atoms with Crippen molar-refractivity contribution in [2.24, 2.45) is 0 Å². The molecule has 2 aromatic rings. The molecule has 0 aliphatic carbocycles. The Labute approximate surface area is 113 Å². The van der Waals surface area contributed by atoms with Crippen molar-refractivity contribution in [3.8, 4) is 0 Å². The number of carbonyl (C=O) groups excluding carboxylic acids is 1. The quantitative estimate of drug-likeness (QED) is 0.870. The lowest BCUT2D eigenvalue weighted by Crippen LogP contribution is -2.27. The van der Waals surface area contributed by atoms with E-state index in [1.54, 1.807) is 12.3 Å². The standard InChI is InChI=1S/C13H15N3O2S/c1-19(18)7-6-15-13(17)10-8-12(14)16-11-5-3-2-4-9(10)11/h2-5,8H,6-7H2,1H3,(H2,14,16)(H,15,17). The highest BCUT2D eigenvalue weighted by molar-refractivity contribution is 7.84. The fourth-order valence-electron chi connectivity index (χ4n) is 1.79.